The van der Waals surface area contributed by atoms with Crippen LogP contribution in [0.25, 0.3) is 0 Å². The fourth-order valence-electron chi connectivity index (χ4n) is 1.89. The standard InChI is InChI=1S/C16H26O2Si/c1-11-9-12(2)15(13(3)17)14(10-11)18-19(7,8)16(4,5)6/h9-10H,1-8H3. The van der Waals surface area contributed by atoms with Gasteiger partial charge in [-0.3, -0.25) is 4.79 Å². The fourth-order valence-corrected chi connectivity index (χ4v) is 2.91. The number of aryl methyl sites for hydroxylation is 2. The Labute approximate surface area is 118 Å². The normalized spacial score (nSPS) is 12.4. The average molecular weight is 278 g/mol. The van der Waals surface area contributed by atoms with E-state index in [2.05, 4.69) is 33.9 Å². The summed E-state index contributed by atoms with van der Waals surface area (Å²) in [6, 6.07) is 4.03. The second kappa shape index (κ2) is 5.12. The number of rotatable bonds is 3. The van der Waals surface area contributed by atoms with Gasteiger partial charge in [0.25, 0.3) is 8.32 Å². The maximum absolute atomic E-state index is 11.9. The number of carbonyl (C=O) groups is 1. The van der Waals surface area contributed by atoms with E-state index in [1.807, 2.05) is 26.0 Å². The molecule has 0 atom stereocenters. The summed E-state index contributed by atoms with van der Waals surface area (Å²) in [6.07, 6.45) is 0. The highest BCUT2D eigenvalue weighted by Gasteiger charge is 2.39. The molecule has 0 aliphatic heterocycles. The molecule has 0 saturated carbocycles. The van der Waals surface area contributed by atoms with Crippen molar-refractivity contribution in [2.45, 2.75) is 59.7 Å². The van der Waals surface area contributed by atoms with Gasteiger partial charge in [0.05, 0.1) is 5.56 Å². The summed E-state index contributed by atoms with van der Waals surface area (Å²) < 4.78 is 6.34. The Bertz CT molecular complexity index is 496. The van der Waals surface area contributed by atoms with Crippen molar-refractivity contribution < 1.29 is 9.22 Å². The van der Waals surface area contributed by atoms with Gasteiger partial charge in [0, 0.05) is 0 Å². The van der Waals surface area contributed by atoms with Crippen LogP contribution in [0, 0.1) is 13.8 Å². The minimum atomic E-state index is -1.92. The van der Waals surface area contributed by atoms with Crippen molar-refractivity contribution in [3.8, 4) is 5.75 Å². The summed E-state index contributed by atoms with van der Waals surface area (Å²) in [6.45, 7) is 16.6. The maximum Gasteiger partial charge on any atom is 0.250 e. The SMILES string of the molecule is CC(=O)c1c(C)cc(C)cc1O[Si](C)(C)C(C)(C)C. The van der Waals surface area contributed by atoms with Crippen LogP contribution in [-0.4, -0.2) is 14.1 Å². The predicted octanol–water partition coefficient (Wildman–Crippen LogP) is 4.89. The van der Waals surface area contributed by atoms with Gasteiger partial charge in [-0.05, 0) is 56.1 Å². The highest BCUT2D eigenvalue weighted by Crippen LogP contribution is 2.39. The van der Waals surface area contributed by atoms with Gasteiger partial charge in [0.1, 0.15) is 5.75 Å². The molecule has 1 aromatic rings. The molecule has 0 radical (unpaired) electrons. The van der Waals surface area contributed by atoms with Crippen molar-refractivity contribution >= 4 is 14.1 Å². The minimum absolute atomic E-state index is 0.0752. The van der Waals surface area contributed by atoms with E-state index in [0.717, 1.165) is 22.4 Å². The van der Waals surface area contributed by atoms with Gasteiger partial charge < -0.3 is 4.43 Å². The lowest BCUT2D eigenvalue weighted by Crippen LogP contribution is -2.44. The van der Waals surface area contributed by atoms with Crippen LogP contribution in [0.5, 0.6) is 5.75 Å². The highest BCUT2D eigenvalue weighted by atomic mass is 28.4. The molecule has 0 aliphatic carbocycles. The Morgan fingerprint density at radius 1 is 1.16 bits per heavy atom. The van der Waals surface area contributed by atoms with E-state index in [1.165, 1.54) is 0 Å². The van der Waals surface area contributed by atoms with Crippen molar-refractivity contribution in [2.75, 3.05) is 0 Å². The van der Waals surface area contributed by atoms with Gasteiger partial charge in [-0.25, -0.2) is 0 Å². The van der Waals surface area contributed by atoms with Crippen LogP contribution in [0.2, 0.25) is 18.1 Å². The van der Waals surface area contributed by atoms with Gasteiger partial charge >= 0.3 is 0 Å². The number of hydrogen-bond acceptors (Lipinski definition) is 2. The van der Waals surface area contributed by atoms with E-state index in [1.54, 1.807) is 6.92 Å². The molecule has 0 aliphatic rings. The van der Waals surface area contributed by atoms with Crippen LogP contribution in [0.15, 0.2) is 12.1 Å². The molecule has 0 unspecified atom stereocenters. The molecule has 1 aromatic carbocycles. The number of ketones is 1. The lowest BCUT2D eigenvalue weighted by Gasteiger charge is -2.37. The Hall–Kier alpha value is -1.09. The molecular weight excluding hydrogens is 252 g/mol. The third-order valence-corrected chi connectivity index (χ3v) is 8.31. The molecular formula is C16H26O2Si. The minimum Gasteiger partial charge on any atom is -0.543 e. The summed E-state index contributed by atoms with van der Waals surface area (Å²) in [7, 11) is -1.92. The Morgan fingerprint density at radius 2 is 1.68 bits per heavy atom. The van der Waals surface area contributed by atoms with Crippen LogP contribution in [-0.2, 0) is 0 Å². The van der Waals surface area contributed by atoms with Crippen LogP contribution in [0.3, 0.4) is 0 Å². The first kappa shape index (κ1) is 16.0. The van der Waals surface area contributed by atoms with E-state index < -0.39 is 8.32 Å². The van der Waals surface area contributed by atoms with Crippen molar-refractivity contribution in [3.63, 3.8) is 0 Å². The lowest BCUT2D eigenvalue weighted by atomic mass is 10.0. The summed E-state index contributed by atoms with van der Waals surface area (Å²) in [5.41, 5.74) is 2.87. The third-order valence-electron chi connectivity index (χ3n) is 3.97. The van der Waals surface area contributed by atoms with Crippen LogP contribution >= 0.6 is 0 Å². The van der Waals surface area contributed by atoms with Gasteiger partial charge in [-0.2, -0.15) is 0 Å². The topological polar surface area (TPSA) is 26.3 Å². The molecule has 0 saturated heterocycles. The van der Waals surface area contributed by atoms with Crippen molar-refractivity contribution in [1.82, 2.24) is 0 Å². The van der Waals surface area contributed by atoms with Gasteiger partial charge in [0.2, 0.25) is 0 Å². The Kier molecular flexibility index (Phi) is 4.30. The first-order valence-electron chi connectivity index (χ1n) is 6.77. The average Bonchev–Trinajstić information content (AvgIpc) is 2.12. The van der Waals surface area contributed by atoms with E-state index in [-0.39, 0.29) is 10.8 Å². The second-order valence-electron chi connectivity index (χ2n) is 6.87. The summed E-state index contributed by atoms with van der Waals surface area (Å²) in [5, 5.41) is 0.124. The van der Waals surface area contributed by atoms with E-state index in [9.17, 15) is 4.79 Å². The predicted molar refractivity (Wildman–Crippen MR) is 83.7 cm³/mol. The summed E-state index contributed by atoms with van der Waals surface area (Å²) in [5.74, 6) is 0.836. The molecule has 106 valence electrons. The molecule has 0 amide bonds. The lowest BCUT2D eigenvalue weighted by molar-refractivity contribution is 0.101. The maximum atomic E-state index is 11.9. The van der Waals surface area contributed by atoms with Crippen molar-refractivity contribution in [2.24, 2.45) is 0 Å². The quantitative estimate of drug-likeness (QED) is 0.581. The number of hydrogen-bond donors (Lipinski definition) is 0. The summed E-state index contributed by atoms with van der Waals surface area (Å²) in [4.78, 5) is 11.9. The van der Waals surface area contributed by atoms with E-state index in [4.69, 9.17) is 4.43 Å². The zero-order valence-electron chi connectivity index (χ0n) is 13.5. The Morgan fingerprint density at radius 3 is 2.11 bits per heavy atom. The third kappa shape index (κ3) is 3.47. The van der Waals surface area contributed by atoms with E-state index >= 15 is 0 Å². The van der Waals surface area contributed by atoms with Crippen molar-refractivity contribution in [1.29, 1.82) is 0 Å². The van der Waals surface area contributed by atoms with Crippen LogP contribution in [0.1, 0.15) is 49.2 Å². The monoisotopic (exact) mass is 278 g/mol. The Balaban J connectivity index is 3.32. The zero-order valence-corrected chi connectivity index (χ0v) is 14.5. The largest absolute Gasteiger partial charge is 0.543 e. The molecule has 0 bridgehead atoms. The molecule has 1 rings (SSSR count). The smallest absolute Gasteiger partial charge is 0.250 e. The molecule has 0 aromatic heterocycles. The number of carbonyl (C=O) groups excluding carboxylic acids is 1. The first-order valence-corrected chi connectivity index (χ1v) is 9.68. The van der Waals surface area contributed by atoms with Gasteiger partial charge in [-0.1, -0.05) is 26.8 Å². The molecule has 2 nitrogen and oxygen atoms in total. The second-order valence-corrected chi connectivity index (χ2v) is 11.6. The number of benzene rings is 1. The van der Waals surface area contributed by atoms with Gasteiger partial charge in [0.15, 0.2) is 5.78 Å². The number of Topliss-reactive ketones (excluding diaryl/α,β-unsaturated/α-hetero) is 1. The van der Waals surface area contributed by atoms with Crippen LogP contribution < -0.4 is 4.43 Å². The molecule has 19 heavy (non-hydrogen) atoms. The molecule has 0 fully saturated rings. The fraction of sp³-hybridized carbons (Fsp3) is 0.562. The zero-order chi connectivity index (χ0) is 15.0. The molecule has 0 N–H and O–H groups in total. The molecule has 0 heterocycles. The molecule has 0 spiro atoms. The molecule has 3 heteroatoms. The summed E-state index contributed by atoms with van der Waals surface area (Å²) >= 11 is 0. The van der Waals surface area contributed by atoms with Gasteiger partial charge in [-0.15, -0.1) is 0 Å². The first-order chi connectivity index (χ1) is 8.45. The highest BCUT2D eigenvalue weighted by molar-refractivity contribution is 6.74. The van der Waals surface area contributed by atoms with E-state index in [0.29, 0.717) is 0 Å². The van der Waals surface area contributed by atoms with Crippen LogP contribution in [0.4, 0.5) is 0 Å². The van der Waals surface area contributed by atoms with Crippen molar-refractivity contribution in [3.05, 3.63) is 28.8 Å².